The Balaban J connectivity index is 1.56. The smallest absolute Gasteiger partial charge is 0.361 e. The van der Waals surface area contributed by atoms with Gasteiger partial charge in [-0.05, 0) is 35.4 Å². The number of benzene rings is 3. The second-order valence-corrected chi connectivity index (χ2v) is 8.29. The van der Waals surface area contributed by atoms with Crippen LogP contribution in [0.1, 0.15) is 16.7 Å². The monoisotopic (exact) mass is 479 g/mol. The van der Waals surface area contributed by atoms with Gasteiger partial charge in [-0.1, -0.05) is 54.6 Å². The summed E-state index contributed by atoms with van der Waals surface area (Å²) in [4.78, 5) is 30.6. The van der Waals surface area contributed by atoms with Crippen LogP contribution in [0.5, 0.6) is 0 Å². The molecule has 2 amide bonds. The molecule has 5 nitrogen and oxygen atoms in total. The molecule has 4 rings (SSSR count). The highest BCUT2D eigenvalue weighted by molar-refractivity contribution is 5.99. The zero-order valence-electron chi connectivity index (χ0n) is 19.0. The first-order chi connectivity index (χ1) is 16.7. The first-order valence-electron chi connectivity index (χ1n) is 11.1. The van der Waals surface area contributed by atoms with Crippen LogP contribution in [0.25, 0.3) is 10.9 Å². The van der Waals surface area contributed by atoms with Crippen molar-refractivity contribution in [3.05, 3.63) is 102 Å². The van der Waals surface area contributed by atoms with E-state index in [9.17, 15) is 22.8 Å². The summed E-state index contributed by atoms with van der Waals surface area (Å²) in [6.45, 7) is 0. The molecule has 1 atom stereocenters. The van der Waals surface area contributed by atoms with E-state index in [0.717, 1.165) is 39.1 Å². The Kier molecular flexibility index (Phi) is 6.91. The number of alkyl halides is 3. The first kappa shape index (κ1) is 24.1. The highest BCUT2D eigenvalue weighted by Crippen LogP contribution is 2.31. The van der Waals surface area contributed by atoms with E-state index in [0.29, 0.717) is 0 Å². The molecule has 0 aliphatic carbocycles. The molecule has 1 aromatic heterocycles. The van der Waals surface area contributed by atoms with Crippen molar-refractivity contribution in [1.29, 1.82) is 0 Å². The van der Waals surface area contributed by atoms with Gasteiger partial charge in [0.2, 0.25) is 11.8 Å². The number of para-hydroxylation sites is 1. The summed E-state index contributed by atoms with van der Waals surface area (Å²) in [5.74, 6) is -0.873. The minimum Gasteiger partial charge on any atom is -0.361 e. The van der Waals surface area contributed by atoms with Crippen LogP contribution in [0, 0.1) is 0 Å². The number of aromatic amines is 1. The molecule has 1 heterocycles. The number of fused-ring (bicyclic) bond motifs is 1. The molecule has 0 saturated heterocycles. The van der Waals surface area contributed by atoms with Gasteiger partial charge in [0.25, 0.3) is 0 Å². The molecule has 3 aromatic carbocycles. The summed E-state index contributed by atoms with van der Waals surface area (Å²) < 4.78 is 39.5. The molecule has 0 spiro atoms. The fourth-order valence-corrected chi connectivity index (χ4v) is 4.00. The lowest BCUT2D eigenvalue weighted by atomic mass is 10.0. The largest absolute Gasteiger partial charge is 0.416 e. The number of carbonyl (C=O) groups is 2. The maximum absolute atomic E-state index is 13.4. The van der Waals surface area contributed by atoms with Gasteiger partial charge in [0.05, 0.1) is 12.0 Å². The maximum Gasteiger partial charge on any atom is 0.416 e. The highest BCUT2D eigenvalue weighted by Gasteiger charge is 2.32. The van der Waals surface area contributed by atoms with Crippen LogP contribution < -0.4 is 10.2 Å². The van der Waals surface area contributed by atoms with Crippen LogP contribution >= 0.6 is 0 Å². The third-order valence-corrected chi connectivity index (χ3v) is 5.83. The molecule has 0 aliphatic rings. The molecule has 0 saturated carbocycles. The Bertz CT molecular complexity index is 1330. The van der Waals surface area contributed by atoms with Crippen LogP contribution in [-0.4, -0.2) is 29.9 Å². The minimum absolute atomic E-state index is 0.0514. The summed E-state index contributed by atoms with van der Waals surface area (Å²) in [6, 6.07) is 20.3. The zero-order valence-corrected chi connectivity index (χ0v) is 19.0. The third-order valence-electron chi connectivity index (χ3n) is 5.83. The Morgan fingerprint density at radius 3 is 2.43 bits per heavy atom. The van der Waals surface area contributed by atoms with E-state index < -0.39 is 23.7 Å². The number of halogens is 3. The van der Waals surface area contributed by atoms with Gasteiger partial charge < -0.3 is 15.2 Å². The van der Waals surface area contributed by atoms with Crippen molar-refractivity contribution in [2.75, 3.05) is 11.9 Å². The SMILES string of the molecule is CN(C(=O)[C@H](Cc1ccccc1)NC(=O)Cc1c[nH]c2ccccc12)c1cccc(C(F)(F)F)c1. The number of anilines is 1. The van der Waals surface area contributed by atoms with Crippen LogP contribution in [0.4, 0.5) is 18.9 Å². The van der Waals surface area contributed by atoms with E-state index in [-0.39, 0.29) is 24.4 Å². The van der Waals surface area contributed by atoms with E-state index in [1.165, 1.54) is 19.2 Å². The normalized spacial score (nSPS) is 12.3. The second-order valence-electron chi connectivity index (χ2n) is 8.29. The Morgan fingerprint density at radius 2 is 1.69 bits per heavy atom. The predicted octanol–water partition coefficient (Wildman–Crippen LogP) is 5.12. The summed E-state index contributed by atoms with van der Waals surface area (Å²) in [6.07, 6.45) is -2.53. The van der Waals surface area contributed by atoms with Crippen molar-refractivity contribution in [3.8, 4) is 0 Å². The summed E-state index contributed by atoms with van der Waals surface area (Å²) in [7, 11) is 1.40. The third kappa shape index (κ3) is 5.71. The summed E-state index contributed by atoms with van der Waals surface area (Å²) >= 11 is 0. The molecule has 8 heteroatoms. The van der Waals surface area contributed by atoms with Gasteiger partial charge in [-0.25, -0.2) is 0 Å². The lowest BCUT2D eigenvalue weighted by molar-refractivity contribution is -0.137. The molecular formula is C27H24F3N3O2. The molecule has 0 radical (unpaired) electrons. The van der Waals surface area contributed by atoms with Crippen molar-refractivity contribution in [2.45, 2.75) is 25.1 Å². The molecule has 0 fully saturated rings. The first-order valence-corrected chi connectivity index (χ1v) is 11.1. The predicted molar refractivity (Wildman–Crippen MR) is 129 cm³/mol. The summed E-state index contributed by atoms with van der Waals surface area (Å²) in [5.41, 5.74) is 1.74. The Labute approximate surface area is 200 Å². The van der Waals surface area contributed by atoms with Crippen molar-refractivity contribution in [1.82, 2.24) is 10.3 Å². The number of hydrogen-bond donors (Lipinski definition) is 2. The topological polar surface area (TPSA) is 65.2 Å². The molecule has 180 valence electrons. The molecular weight excluding hydrogens is 455 g/mol. The Hall–Kier alpha value is -4.07. The lowest BCUT2D eigenvalue weighted by Gasteiger charge is -2.25. The van der Waals surface area contributed by atoms with Crippen LogP contribution in [0.3, 0.4) is 0 Å². The molecule has 4 aromatic rings. The van der Waals surface area contributed by atoms with Gasteiger partial charge in [0.15, 0.2) is 0 Å². The number of likely N-dealkylation sites (N-methyl/N-ethyl adjacent to an activating group) is 1. The molecule has 0 aliphatic heterocycles. The van der Waals surface area contributed by atoms with E-state index in [2.05, 4.69) is 10.3 Å². The number of hydrogen-bond acceptors (Lipinski definition) is 2. The minimum atomic E-state index is -4.53. The number of rotatable bonds is 7. The van der Waals surface area contributed by atoms with Crippen molar-refractivity contribution >= 4 is 28.4 Å². The van der Waals surface area contributed by atoms with Gasteiger partial charge >= 0.3 is 6.18 Å². The van der Waals surface area contributed by atoms with Crippen molar-refractivity contribution in [2.24, 2.45) is 0 Å². The highest BCUT2D eigenvalue weighted by atomic mass is 19.4. The Morgan fingerprint density at radius 1 is 0.971 bits per heavy atom. The average Bonchev–Trinajstić information content (AvgIpc) is 3.25. The summed E-state index contributed by atoms with van der Waals surface area (Å²) in [5, 5.41) is 3.71. The number of nitrogens with one attached hydrogen (secondary N) is 2. The van der Waals surface area contributed by atoms with Gasteiger partial charge in [-0.2, -0.15) is 13.2 Å². The van der Waals surface area contributed by atoms with Gasteiger partial charge in [-0.15, -0.1) is 0 Å². The number of amides is 2. The van der Waals surface area contributed by atoms with E-state index in [1.54, 1.807) is 6.20 Å². The number of carbonyl (C=O) groups excluding carboxylic acids is 2. The fraction of sp³-hybridized carbons (Fsp3) is 0.185. The molecule has 2 N–H and O–H groups in total. The number of H-pyrrole nitrogens is 1. The molecule has 35 heavy (non-hydrogen) atoms. The van der Waals surface area contributed by atoms with Crippen LogP contribution in [-0.2, 0) is 28.6 Å². The lowest BCUT2D eigenvalue weighted by Crippen LogP contribution is -2.49. The van der Waals surface area contributed by atoms with Crippen LogP contribution in [0.2, 0.25) is 0 Å². The fourth-order valence-electron chi connectivity index (χ4n) is 4.00. The second kappa shape index (κ2) is 10.0. The van der Waals surface area contributed by atoms with Gasteiger partial charge in [0.1, 0.15) is 6.04 Å². The van der Waals surface area contributed by atoms with E-state index in [1.807, 2.05) is 54.6 Å². The van der Waals surface area contributed by atoms with E-state index in [4.69, 9.17) is 0 Å². The molecule has 0 bridgehead atoms. The number of aromatic nitrogens is 1. The zero-order chi connectivity index (χ0) is 25.0. The van der Waals surface area contributed by atoms with E-state index >= 15 is 0 Å². The van der Waals surface area contributed by atoms with Gasteiger partial charge in [0, 0.05) is 36.3 Å². The quantitative estimate of drug-likeness (QED) is 0.387. The average molecular weight is 480 g/mol. The maximum atomic E-state index is 13.4. The van der Waals surface area contributed by atoms with Crippen molar-refractivity contribution in [3.63, 3.8) is 0 Å². The molecule has 0 unspecified atom stereocenters. The standard InChI is InChI=1S/C27H24F3N3O2/c1-33(21-11-7-10-20(16-21)27(28,29)30)26(35)24(14-18-8-3-2-4-9-18)32-25(34)15-19-17-31-23-13-6-5-12-22(19)23/h2-13,16-17,24,31H,14-15H2,1H3,(H,32,34)/t24-/m0/s1. The number of nitrogens with zero attached hydrogens (tertiary/aromatic N) is 1. The van der Waals surface area contributed by atoms with Crippen LogP contribution in [0.15, 0.2) is 85.1 Å². The van der Waals surface area contributed by atoms with Crippen molar-refractivity contribution < 1.29 is 22.8 Å². The van der Waals surface area contributed by atoms with Gasteiger partial charge in [-0.3, -0.25) is 9.59 Å².